The van der Waals surface area contributed by atoms with Crippen molar-refractivity contribution in [3.63, 3.8) is 0 Å². The molecule has 1 aromatic heterocycles. The first-order chi connectivity index (χ1) is 15.0. The van der Waals surface area contributed by atoms with Crippen LogP contribution in [0.25, 0.3) is 17.0 Å². The van der Waals surface area contributed by atoms with Crippen LogP contribution in [0, 0.1) is 6.92 Å². The second-order valence-corrected chi connectivity index (χ2v) is 7.58. The maximum atomic E-state index is 12.8. The fraction of sp³-hybridized carbons (Fsp3) is 0.0400. The Morgan fingerprint density at radius 2 is 1.84 bits per heavy atom. The number of rotatable bonds is 3. The van der Waals surface area contributed by atoms with Crippen LogP contribution in [0.5, 0.6) is 11.5 Å². The van der Waals surface area contributed by atoms with Crippen molar-refractivity contribution < 1.29 is 23.5 Å². The highest BCUT2D eigenvalue weighted by atomic mass is 35.5. The molecule has 0 unspecified atom stereocenters. The Kier molecular flexibility index (Phi) is 4.60. The average molecular weight is 431 g/mol. The first-order valence-corrected chi connectivity index (χ1v) is 9.91. The topological polar surface area (TPSA) is 65.7 Å². The molecule has 0 bridgehead atoms. The Hall–Kier alpha value is -3.83. The largest absolute Gasteiger partial charge is 0.452 e. The molecule has 0 N–H and O–H groups in total. The third-order valence-corrected chi connectivity index (χ3v) is 5.17. The molecule has 4 aromatic rings. The number of Topliss-reactive ketones (excluding diaryl/α,β-unsaturated/α-hetero) is 1. The molecule has 2 heterocycles. The summed E-state index contributed by atoms with van der Waals surface area (Å²) in [6, 6.07) is 19.2. The third kappa shape index (κ3) is 3.60. The Labute approximate surface area is 182 Å². The summed E-state index contributed by atoms with van der Waals surface area (Å²) < 4.78 is 16.8. The number of benzene rings is 3. The molecule has 3 aromatic carbocycles. The van der Waals surface area contributed by atoms with Gasteiger partial charge in [-0.2, -0.15) is 0 Å². The van der Waals surface area contributed by atoms with E-state index in [0.29, 0.717) is 32.9 Å². The highest BCUT2D eigenvalue weighted by Crippen LogP contribution is 2.38. The molecule has 1 aliphatic heterocycles. The summed E-state index contributed by atoms with van der Waals surface area (Å²) in [6.45, 7) is 1.77. The zero-order valence-electron chi connectivity index (χ0n) is 16.3. The summed E-state index contributed by atoms with van der Waals surface area (Å²) in [7, 11) is 0. The summed E-state index contributed by atoms with van der Waals surface area (Å²) in [6.07, 6.45) is 1.69. The van der Waals surface area contributed by atoms with Gasteiger partial charge in [-0.1, -0.05) is 41.9 Å². The monoisotopic (exact) mass is 430 g/mol. The molecule has 0 fully saturated rings. The first kappa shape index (κ1) is 19.2. The van der Waals surface area contributed by atoms with E-state index < -0.39 is 5.97 Å². The van der Waals surface area contributed by atoms with Gasteiger partial charge in [0.25, 0.3) is 0 Å². The second-order valence-electron chi connectivity index (χ2n) is 7.15. The second kappa shape index (κ2) is 7.45. The lowest BCUT2D eigenvalue weighted by molar-refractivity contribution is 0.0703. The minimum Gasteiger partial charge on any atom is -0.452 e. The predicted octanol–water partition coefficient (Wildman–Crippen LogP) is 6.23. The smallest absolute Gasteiger partial charge is 0.379 e. The van der Waals surface area contributed by atoms with E-state index >= 15 is 0 Å². The van der Waals surface area contributed by atoms with Gasteiger partial charge in [0.2, 0.25) is 11.5 Å². The average Bonchev–Trinajstić information content (AvgIpc) is 3.30. The highest BCUT2D eigenvalue weighted by Gasteiger charge is 2.30. The third-order valence-electron chi connectivity index (χ3n) is 4.93. The van der Waals surface area contributed by atoms with Crippen molar-refractivity contribution in [3.05, 3.63) is 100.0 Å². The molecule has 152 valence electrons. The lowest BCUT2D eigenvalue weighted by Gasteiger charge is -2.06. The number of fused-ring (bicyclic) bond motifs is 2. The number of furan rings is 1. The molecule has 0 spiro atoms. The Balaban J connectivity index is 1.42. The van der Waals surface area contributed by atoms with E-state index in [0.717, 1.165) is 5.56 Å². The minimum atomic E-state index is -0.656. The van der Waals surface area contributed by atoms with E-state index in [4.69, 9.17) is 25.5 Å². The Morgan fingerprint density at radius 1 is 1.03 bits per heavy atom. The van der Waals surface area contributed by atoms with Crippen LogP contribution < -0.4 is 9.47 Å². The highest BCUT2D eigenvalue weighted by molar-refractivity contribution is 6.31. The number of ether oxygens (including phenoxy) is 2. The Bertz CT molecular complexity index is 1380. The molecule has 0 aliphatic carbocycles. The number of carbonyl (C=O) groups excluding carboxylic acids is 2. The summed E-state index contributed by atoms with van der Waals surface area (Å²) in [5, 5.41) is 1.25. The van der Waals surface area contributed by atoms with E-state index in [1.807, 2.05) is 30.3 Å². The van der Waals surface area contributed by atoms with Crippen LogP contribution in [0.15, 0.2) is 76.9 Å². The molecular formula is C25H15ClO5. The lowest BCUT2D eigenvalue weighted by Crippen LogP contribution is -2.07. The molecule has 0 amide bonds. The summed E-state index contributed by atoms with van der Waals surface area (Å²) in [5.41, 5.74) is 2.50. The fourth-order valence-corrected chi connectivity index (χ4v) is 3.69. The van der Waals surface area contributed by atoms with Crippen molar-refractivity contribution in [3.8, 4) is 11.5 Å². The minimum absolute atomic E-state index is 0.0528. The number of esters is 1. The van der Waals surface area contributed by atoms with Crippen molar-refractivity contribution in [1.82, 2.24) is 0 Å². The number of ketones is 1. The van der Waals surface area contributed by atoms with Crippen molar-refractivity contribution in [2.24, 2.45) is 0 Å². The molecule has 0 saturated carbocycles. The molecular weight excluding hydrogens is 416 g/mol. The molecule has 5 rings (SSSR count). The molecule has 0 radical (unpaired) electrons. The van der Waals surface area contributed by atoms with Gasteiger partial charge in [-0.25, -0.2) is 4.79 Å². The fourth-order valence-electron chi connectivity index (χ4n) is 3.51. The van der Waals surface area contributed by atoms with E-state index in [2.05, 4.69) is 0 Å². The van der Waals surface area contributed by atoms with Crippen LogP contribution >= 0.6 is 11.6 Å². The van der Waals surface area contributed by atoms with E-state index in [9.17, 15) is 9.59 Å². The number of hydrogen-bond acceptors (Lipinski definition) is 5. The van der Waals surface area contributed by atoms with Gasteiger partial charge in [0.1, 0.15) is 17.1 Å². The van der Waals surface area contributed by atoms with Crippen LogP contribution in [0.3, 0.4) is 0 Å². The molecule has 0 atom stereocenters. The van der Waals surface area contributed by atoms with E-state index in [-0.39, 0.29) is 23.1 Å². The standard InChI is InChI=1S/C25H15ClO5/c1-14-9-18(29-25(28)22-12-16-11-17(26)7-8-19(16)30-22)13-20-23(14)24(27)21(31-20)10-15-5-3-2-4-6-15/h2-13H,1H3/b21-10-. The van der Waals surface area contributed by atoms with Crippen LogP contribution in [-0.4, -0.2) is 11.8 Å². The summed E-state index contributed by atoms with van der Waals surface area (Å²) in [4.78, 5) is 25.4. The van der Waals surface area contributed by atoms with Crippen LogP contribution in [0.2, 0.25) is 5.02 Å². The van der Waals surface area contributed by atoms with Gasteiger partial charge in [0.15, 0.2) is 5.76 Å². The van der Waals surface area contributed by atoms with Crippen LogP contribution in [-0.2, 0) is 0 Å². The number of hydrogen-bond donors (Lipinski definition) is 0. The molecule has 31 heavy (non-hydrogen) atoms. The van der Waals surface area contributed by atoms with E-state index in [1.165, 1.54) is 6.07 Å². The van der Waals surface area contributed by atoms with Crippen LogP contribution in [0.4, 0.5) is 0 Å². The molecule has 5 nitrogen and oxygen atoms in total. The summed E-state index contributed by atoms with van der Waals surface area (Å²) >= 11 is 5.98. The van der Waals surface area contributed by atoms with Crippen molar-refractivity contribution in [2.75, 3.05) is 0 Å². The first-order valence-electron chi connectivity index (χ1n) is 9.53. The molecule has 6 heteroatoms. The SMILES string of the molecule is Cc1cc(OC(=O)c2cc3cc(Cl)ccc3o2)cc2c1C(=O)/C(=C/c1ccccc1)O2. The van der Waals surface area contributed by atoms with Gasteiger partial charge in [0.05, 0.1) is 5.56 Å². The Morgan fingerprint density at radius 3 is 2.65 bits per heavy atom. The van der Waals surface area contributed by atoms with Gasteiger partial charge in [-0.3, -0.25) is 4.79 Å². The van der Waals surface area contributed by atoms with Gasteiger partial charge in [0, 0.05) is 16.5 Å². The quantitative estimate of drug-likeness (QED) is 0.219. The van der Waals surface area contributed by atoms with Crippen LogP contribution in [0.1, 0.15) is 32.0 Å². The van der Waals surface area contributed by atoms with Crippen molar-refractivity contribution in [1.29, 1.82) is 0 Å². The number of halogens is 1. The lowest BCUT2D eigenvalue weighted by atomic mass is 10.0. The van der Waals surface area contributed by atoms with E-state index in [1.54, 1.807) is 43.3 Å². The summed E-state index contributed by atoms with van der Waals surface area (Å²) in [5.74, 6) is 0.0262. The molecule has 0 saturated heterocycles. The van der Waals surface area contributed by atoms with Crippen molar-refractivity contribution in [2.45, 2.75) is 6.92 Å². The van der Waals surface area contributed by atoms with Gasteiger partial charge in [-0.15, -0.1) is 0 Å². The maximum absolute atomic E-state index is 12.8. The predicted molar refractivity (Wildman–Crippen MR) is 117 cm³/mol. The van der Waals surface area contributed by atoms with Gasteiger partial charge >= 0.3 is 5.97 Å². The van der Waals surface area contributed by atoms with Crippen molar-refractivity contribution >= 4 is 40.4 Å². The number of aryl methyl sites for hydroxylation is 1. The zero-order valence-corrected chi connectivity index (χ0v) is 17.1. The maximum Gasteiger partial charge on any atom is 0.379 e. The van der Waals surface area contributed by atoms with Gasteiger partial charge < -0.3 is 13.9 Å². The molecule has 1 aliphatic rings. The number of allylic oxidation sites excluding steroid dienone is 1. The normalized spacial score (nSPS) is 14.0. The van der Waals surface area contributed by atoms with Gasteiger partial charge in [-0.05, 0) is 54.5 Å². The number of carbonyl (C=O) groups is 2. The zero-order chi connectivity index (χ0) is 21.5.